The number of allylic oxidation sites excluding steroid dienone is 4. The number of hydrogen-bond donors (Lipinski definition) is 0. The summed E-state index contributed by atoms with van der Waals surface area (Å²) in [7, 11) is 0. The fourth-order valence-corrected chi connectivity index (χ4v) is 1.97. The van der Waals surface area contributed by atoms with Crippen molar-refractivity contribution in [3.63, 3.8) is 0 Å². The van der Waals surface area contributed by atoms with Crippen molar-refractivity contribution in [2.24, 2.45) is 5.92 Å². The molecule has 1 saturated carbocycles. The van der Waals surface area contributed by atoms with Gasteiger partial charge in [0.15, 0.2) is 0 Å². The second-order valence-corrected chi connectivity index (χ2v) is 3.56. The zero-order valence-corrected chi connectivity index (χ0v) is 7.09. The van der Waals surface area contributed by atoms with Crippen LogP contribution >= 0.6 is 0 Å². The number of aromatic nitrogens is 3. The van der Waals surface area contributed by atoms with E-state index in [-0.39, 0.29) is 5.41 Å². The summed E-state index contributed by atoms with van der Waals surface area (Å²) in [6.07, 6.45) is 12.9. The summed E-state index contributed by atoms with van der Waals surface area (Å²) in [5.41, 5.74) is 0.109. The topological polar surface area (TPSA) is 38.7 Å². The highest BCUT2D eigenvalue weighted by Gasteiger charge is 2.54. The smallest absolute Gasteiger partial charge is 0.142 e. The monoisotopic (exact) mass is 171 g/mol. The zero-order chi connectivity index (χ0) is 8.73. The lowest BCUT2D eigenvalue weighted by atomic mass is 9.99. The highest BCUT2D eigenvalue weighted by atomic mass is 15.0. The molecule has 13 heavy (non-hydrogen) atoms. The van der Waals surface area contributed by atoms with Gasteiger partial charge in [-0.15, -0.1) is 0 Å². The van der Waals surface area contributed by atoms with E-state index in [2.05, 4.69) is 39.3 Å². The fraction of sp³-hybridized carbons (Fsp3) is 0.300. The van der Waals surface area contributed by atoms with Crippen LogP contribution in [0.25, 0.3) is 0 Å². The molecular formula is C10H9N3. The van der Waals surface area contributed by atoms with E-state index in [1.807, 2.05) is 0 Å². The van der Waals surface area contributed by atoms with E-state index in [1.165, 1.54) is 0 Å². The fourth-order valence-electron chi connectivity index (χ4n) is 1.97. The lowest BCUT2D eigenvalue weighted by Gasteiger charge is -2.10. The van der Waals surface area contributed by atoms with Crippen LogP contribution in [0.5, 0.6) is 0 Å². The lowest BCUT2D eigenvalue weighted by Crippen LogP contribution is -2.12. The first-order valence-electron chi connectivity index (χ1n) is 4.40. The van der Waals surface area contributed by atoms with Crippen LogP contribution in [0.1, 0.15) is 12.2 Å². The number of nitrogens with zero attached hydrogens (tertiary/aromatic N) is 3. The zero-order valence-electron chi connectivity index (χ0n) is 7.09. The van der Waals surface area contributed by atoms with Crippen LogP contribution in [0.3, 0.4) is 0 Å². The summed E-state index contributed by atoms with van der Waals surface area (Å²) >= 11 is 0. The van der Waals surface area contributed by atoms with Gasteiger partial charge in [0.2, 0.25) is 0 Å². The third-order valence-corrected chi connectivity index (χ3v) is 2.82. The van der Waals surface area contributed by atoms with Crippen LogP contribution < -0.4 is 0 Å². The third kappa shape index (κ3) is 0.869. The van der Waals surface area contributed by atoms with Gasteiger partial charge in [-0.2, -0.15) is 0 Å². The molecule has 0 N–H and O–H groups in total. The molecule has 2 atom stereocenters. The van der Waals surface area contributed by atoms with Crippen molar-refractivity contribution >= 4 is 0 Å². The third-order valence-electron chi connectivity index (χ3n) is 2.82. The molecule has 0 bridgehead atoms. The second kappa shape index (κ2) is 2.25. The maximum atomic E-state index is 4.21. The van der Waals surface area contributed by atoms with Crippen LogP contribution in [0.2, 0.25) is 0 Å². The van der Waals surface area contributed by atoms with Crippen LogP contribution in [-0.4, -0.2) is 15.0 Å². The van der Waals surface area contributed by atoms with Crippen molar-refractivity contribution in [2.75, 3.05) is 0 Å². The molecule has 1 fully saturated rings. The van der Waals surface area contributed by atoms with Crippen LogP contribution in [-0.2, 0) is 5.41 Å². The van der Waals surface area contributed by atoms with Crippen molar-refractivity contribution in [3.8, 4) is 0 Å². The van der Waals surface area contributed by atoms with E-state index in [9.17, 15) is 0 Å². The molecule has 0 aliphatic heterocycles. The molecule has 64 valence electrons. The maximum absolute atomic E-state index is 4.21. The minimum Gasteiger partial charge on any atom is -0.225 e. The first-order chi connectivity index (χ1) is 6.42. The molecule has 0 amide bonds. The molecule has 2 aliphatic rings. The van der Waals surface area contributed by atoms with Crippen LogP contribution in [0, 0.1) is 5.92 Å². The minimum atomic E-state index is 0.109. The van der Waals surface area contributed by atoms with Gasteiger partial charge in [-0.05, 0) is 12.3 Å². The Bertz CT molecular complexity index is 382. The summed E-state index contributed by atoms with van der Waals surface area (Å²) < 4.78 is 0. The average Bonchev–Trinajstić information content (AvgIpc) is 2.94. The Balaban J connectivity index is 2.04. The minimum absolute atomic E-state index is 0.109. The number of rotatable bonds is 1. The van der Waals surface area contributed by atoms with E-state index in [1.54, 1.807) is 12.7 Å². The summed E-state index contributed by atoms with van der Waals surface area (Å²) in [6.45, 7) is 0. The highest BCUT2D eigenvalue weighted by molar-refractivity contribution is 5.39. The van der Waals surface area contributed by atoms with Gasteiger partial charge in [-0.3, -0.25) is 0 Å². The van der Waals surface area contributed by atoms with Crippen LogP contribution in [0.4, 0.5) is 0 Å². The SMILES string of the molecule is C1=C[C@@H]2CC2(c2ncncn2)C=C1. The molecule has 0 radical (unpaired) electrons. The standard InChI is InChI=1S/C10H9N3/c1-2-4-10(5-8(10)3-1)9-12-6-11-7-13-9/h1-4,6-8H,5H2/t8-,10?/m1/s1. The number of hydrogen-bond acceptors (Lipinski definition) is 3. The van der Waals surface area contributed by atoms with E-state index in [0.29, 0.717) is 5.92 Å². The molecule has 1 unspecified atom stereocenters. The molecule has 1 heterocycles. The second-order valence-electron chi connectivity index (χ2n) is 3.56. The summed E-state index contributed by atoms with van der Waals surface area (Å²) in [5, 5.41) is 0. The van der Waals surface area contributed by atoms with Gasteiger partial charge >= 0.3 is 0 Å². The van der Waals surface area contributed by atoms with Crippen LogP contribution in [0.15, 0.2) is 37.0 Å². The van der Waals surface area contributed by atoms with Gasteiger partial charge < -0.3 is 0 Å². The maximum Gasteiger partial charge on any atom is 0.142 e. The Morgan fingerprint density at radius 1 is 1.23 bits per heavy atom. The highest BCUT2D eigenvalue weighted by Crippen LogP contribution is 2.56. The first kappa shape index (κ1) is 6.95. The van der Waals surface area contributed by atoms with Crippen molar-refractivity contribution in [1.29, 1.82) is 0 Å². The Hall–Kier alpha value is -1.51. The van der Waals surface area contributed by atoms with Gasteiger partial charge in [0.25, 0.3) is 0 Å². The van der Waals surface area contributed by atoms with E-state index >= 15 is 0 Å². The van der Waals surface area contributed by atoms with Crippen molar-refractivity contribution < 1.29 is 0 Å². The predicted molar refractivity (Wildman–Crippen MR) is 47.9 cm³/mol. The Kier molecular flexibility index (Phi) is 1.20. The quantitative estimate of drug-likeness (QED) is 0.638. The van der Waals surface area contributed by atoms with Gasteiger partial charge in [-0.1, -0.05) is 24.3 Å². The van der Waals surface area contributed by atoms with Crippen molar-refractivity contribution in [3.05, 3.63) is 42.8 Å². The lowest BCUT2D eigenvalue weighted by molar-refractivity contribution is 0.724. The van der Waals surface area contributed by atoms with E-state index in [4.69, 9.17) is 0 Å². The summed E-state index contributed by atoms with van der Waals surface area (Å²) in [5.74, 6) is 1.52. The van der Waals surface area contributed by atoms with E-state index in [0.717, 1.165) is 12.2 Å². The molecule has 3 rings (SSSR count). The largest absolute Gasteiger partial charge is 0.225 e. The Labute approximate surface area is 76.3 Å². The molecule has 1 aromatic heterocycles. The van der Waals surface area contributed by atoms with Gasteiger partial charge in [0, 0.05) is 0 Å². The predicted octanol–water partition coefficient (Wildman–Crippen LogP) is 1.26. The van der Waals surface area contributed by atoms with E-state index < -0.39 is 0 Å². The summed E-state index contributed by atoms with van der Waals surface area (Å²) in [6, 6.07) is 0. The molecule has 2 aliphatic carbocycles. The molecule has 0 spiro atoms. The normalized spacial score (nSPS) is 34.3. The Morgan fingerprint density at radius 3 is 2.85 bits per heavy atom. The van der Waals surface area contributed by atoms with Gasteiger partial charge in [-0.25, -0.2) is 15.0 Å². The first-order valence-corrected chi connectivity index (χ1v) is 4.40. The molecular weight excluding hydrogens is 162 g/mol. The molecule has 0 aromatic carbocycles. The van der Waals surface area contributed by atoms with Crippen molar-refractivity contribution in [2.45, 2.75) is 11.8 Å². The molecule has 3 heteroatoms. The van der Waals surface area contributed by atoms with Crippen molar-refractivity contribution in [1.82, 2.24) is 15.0 Å². The summed E-state index contributed by atoms with van der Waals surface area (Å²) in [4.78, 5) is 12.2. The van der Waals surface area contributed by atoms with Gasteiger partial charge in [0.05, 0.1) is 5.41 Å². The molecule has 0 saturated heterocycles. The average molecular weight is 171 g/mol. The number of fused-ring (bicyclic) bond motifs is 1. The van der Waals surface area contributed by atoms with Gasteiger partial charge in [0.1, 0.15) is 18.5 Å². The molecule has 1 aromatic rings. The Morgan fingerprint density at radius 2 is 2.08 bits per heavy atom. The molecule has 3 nitrogen and oxygen atoms in total.